The first-order valence-electron chi connectivity index (χ1n) is 7.61. The molecule has 0 saturated heterocycles. The summed E-state index contributed by atoms with van der Waals surface area (Å²) in [7, 11) is 0. The van der Waals surface area contributed by atoms with Gasteiger partial charge in [-0.1, -0.05) is 95.0 Å². The fourth-order valence-corrected chi connectivity index (χ4v) is 2.24. The molecule has 0 N–H and O–H groups in total. The molecule has 1 aromatic carbocycles. The standard InChI is InChI=1S/C18H28/c1-2-3-4-5-6-7-8-9-10-12-15-18-16-13-11-14-17-18/h11,13-17H,1-10,12H2. The van der Waals surface area contributed by atoms with Gasteiger partial charge >= 0.3 is 0 Å². The van der Waals surface area contributed by atoms with Crippen molar-refractivity contribution in [1.82, 2.24) is 0 Å². The van der Waals surface area contributed by atoms with E-state index >= 15 is 0 Å². The summed E-state index contributed by atoms with van der Waals surface area (Å²) in [6.45, 7) is 3.87. The van der Waals surface area contributed by atoms with E-state index in [9.17, 15) is 0 Å². The molecule has 100 valence electrons. The van der Waals surface area contributed by atoms with Gasteiger partial charge in [-0.2, -0.15) is 0 Å². The average Bonchev–Trinajstić information content (AvgIpc) is 2.42. The Bertz CT molecular complexity index is 263. The van der Waals surface area contributed by atoms with Crippen molar-refractivity contribution in [2.24, 2.45) is 0 Å². The third-order valence-corrected chi connectivity index (χ3v) is 3.38. The third-order valence-electron chi connectivity index (χ3n) is 3.38. The molecule has 2 radical (unpaired) electrons. The predicted octanol–water partition coefficient (Wildman–Crippen LogP) is 5.97. The monoisotopic (exact) mass is 244 g/mol. The van der Waals surface area contributed by atoms with Crippen LogP contribution in [0, 0.1) is 13.3 Å². The molecule has 0 aliphatic carbocycles. The van der Waals surface area contributed by atoms with E-state index in [-0.39, 0.29) is 0 Å². The molecule has 0 aromatic heterocycles. The van der Waals surface area contributed by atoms with Gasteiger partial charge in [-0.15, -0.1) is 0 Å². The van der Waals surface area contributed by atoms with E-state index in [0.717, 1.165) is 6.42 Å². The molecule has 0 aliphatic rings. The zero-order valence-electron chi connectivity index (χ0n) is 11.7. The number of rotatable bonds is 11. The highest BCUT2D eigenvalue weighted by Gasteiger charge is 1.94. The second-order valence-corrected chi connectivity index (χ2v) is 5.09. The quantitative estimate of drug-likeness (QED) is 0.420. The van der Waals surface area contributed by atoms with Crippen molar-refractivity contribution in [3.63, 3.8) is 0 Å². The number of hydrogen-bond acceptors (Lipinski definition) is 0. The lowest BCUT2D eigenvalue weighted by Crippen LogP contribution is -1.84. The lowest BCUT2D eigenvalue weighted by Gasteiger charge is -2.02. The Morgan fingerprint density at radius 3 is 1.89 bits per heavy atom. The van der Waals surface area contributed by atoms with Gasteiger partial charge in [0.1, 0.15) is 0 Å². The first-order valence-corrected chi connectivity index (χ1v) is 7.61. The zero-order valence-corrected chi connectivity index (χ0v) is 11.7. The van der Waals surface area contributed by atoms with Crippen molar-refractivity contribution in [1.29, 1.82) is 0 Å². The smallest absolute Gasteiger partial charge is 0.00931 e. The molecular formula is C18H28. The molecule has 1 aromatic rings. The second-order valence-electron chi connectivity index (χ2n) is 5.09. The minimum atomic E-state index is 1.11. The fraction of sp³-hybridized carbons (Fsp3) is 0.556. The molecule has 0 heteroatoms. The molecule has 0 saturated carbocycles. The van der Waals surface area contributed by atoms with Crippen LogP contribution < -0.4 is 0 Å². The van der Waals surface area contributed by atoms with Crippen molar-refractivity contribution in [3.05, 3.63) is 49.2 Å². The van der Waals surface area contributed by atoms with Crippen LogP contribution >= 0.6 is 0 Å². The molecule has 0 bridgehead atoms. The Kier molecular flexibility index (Phi) is 9.61. The normalized spacial score (nSPS) is 10.7. The Labute approximate surface area is 114 Å². The van der Waals surface area contributed by atoms with Crippen molar-refractivity contribution in [2.45, 2.75) is 64.2 Å². The van der Waals surface area contributed by atoms with Gasteiger partial charge in [0.2, 0.25) is 0 Å². The van der Waals surface area contributed by atoms with E-state index < -0.39 is 0 Å². The van der Waals surface area contributed by atoms with Gasteiger partial charge in [-0.05, 0) is 18.4 Å². The molecule has 0 atom stereocenters. The molecule has 0 unspecified atom stereocenters. The second kappa shape index (κ2) is 11.3. The Morgan fingerprint density at radius 1 is 0.722 bits per heavy atom. The van der Waals surface area contributed by atoms with Crippen LogP contribution in [0.25, 0.3) is 0 Å². The molecule has 1 rings (SSSR count). The SMILES string of the molecule is [CH2]CCCCCCCCCC[CH]c1ccccc1. The minimum Gasteiger partial charge on any atom is -0.0622 e. The fourth-order valence-electron chi connectivity index (χ4n) is 2.24. The lowest BCUT2D eigenvalue weighted by atomic mass is 10.0. The van der Waals surface area contributed by atoms with Crippen LogP contribution in [-0.2, 0) is 0 Å². The van der Waals surface area contributed by atoms with E-state index in [2.05, 4.69) is 43.7 Å². The summed E-state index contributed by atoms with van der Waals surface area (Å²) in [6.07, 6.45) is 15.8. The summed E-state index contributed by atoms with van der Waals surface area (Å²) in [6, 6.07) is 10.7. The largest absolute Gasteiger partial charge is 0.0622 e. The van der Waals surface area contributed by atoms with Crippen LogP contribution in [0.3, 0.4) is 0 Å². The van der Waals surface area contributed by atoms with Crippen LogP contribution in [0.4, 0.5) is 0 Å². The Morgan fingerprint density at radius 2 is 1.28 bits per heavy atom. The maximum Gasteiger partial charge on any atom is -0.00931 e. The van der Waals surface area contributed by atoms with Gasteiger partial charge in [0.25, 0.3) is 0 Å². The van der Waals surface area contributed by atoms with Crippen molar-refractivity contribution >= 4 is 0 Å². The van der Waals surface area contributed by atoms with Crippen molar-refractivity contribution in [2.75, 3.05) is 0 Å². The van der Waals surface area contributed by atoms with E-state index in [1.54, 1.807) is 0 Å². The molecule has 18 heavy (non-hydrogen) atoms. The lowest BCUT2D eigenvalue weighted by molar-refractivity contribution is 0.569. The molecular weight excluding hydrogens is 216 g/mol. The summed E-state index contributed by atoms with van der Waals surface area (Å²) in [5.41, 5.74) is 1.37. The topological polar surface area (TPSA) is 0 Å². The number of hydrogen-bond donors (Lipinski definition) is 0. The summed E-state index contributed by atoms with van der Waals surface area (Å²) >= 11 is 0. The molecule has 0 aliphatic heterocycles. The van der Waals surface area contributed by atoms with Crippen LogP contribution in [0.1, 0.15) is 69.8 Å². The van der Waals surface area contributed by atoms with Crippen molar-refractivity contribution < 1.29 is 0 Å². The molecule has 0 amide bonds. The van der Waals surface area contributed by atoms with E-state index in [1.807, 2.05) is 0 Å². The molecule has 0 nitrogen and oxygen atoms in total. The predicted molar refractivity (Wildman–Crippen MR) is 81.4 cm³/mol. The molecule has 0 heterocycles. The van der Waals surface area contributed by atoms with Crippen LogP contribution in [0.2, 0.25) is 0 Å². The summed E-state index contributed by atoms with van der Waals surface area (Å²) in [5.74, 6) is 0. The highest BCUT2D eigenvalue weighted by Crippen LogP contribution is 2.13. The van der Waals surface area contributed by atoms with Crippen molar-refractivity contribution in [3.8, 4) is 0 Å². The summed E-state index contributed by atoms with van der Waals surface area (Å²) < 4.78 is 0. The van der Waals surface area contributed by atoms with E-state index in [0.29, 0.717) is 0 Å². The summed E-state index contributed by atoms with van der Waals surface area (Å²) in [5, 5.41) is 0. The molecule has 0 spiro atoms. The maximum atomic E-state index is 3.87. The average molecular weight is 244 g/mol. The molecule has 0 fully saturated rings. The minimum absolute atomic E-state index is 1.11. The van der Waals surface area contributed by atoms with Gasteiger partial charge in [0.05, 0.1) is 0 Å². The maximum absolute atomic E-state index is 3.87. The van der Waals surface area contributed by atoms with E-state index in [1.165, 1.54) is 63.4 Å². The van der Waals surface area contributed by atoms with Crippen LogP contribution in [0.5, 0.6) is 0 Å². The van der Waals surface area contributed by atoms with Gasteiger partial charge in [-0.3, -0.25) is 0 Å². The summed E-state index contributed by atoms with van der Waals surface area (Å²) in [4.78, 5) is 0. The van der Waals surface area contributed by atoms with Gasteiger partial charge in [-0.25, -0.2) is 0 Å². The van der Waals surface area contributed by atoms with Crippen LogP contribution in [0.15, 0.2) is 30.3 Å². The highest BCUT2D eigenvalue weighted by molar-refractivity contribution is 5.21. The highest BCUT2D eigenvalue weighted by atomic mass is 14.0. The first-order chi connectivity index (χ1) is 8.93. The number of benzene rings is 1. The van der Waals surface area contributed by atoms with E-state index in [4.69, 9.17) is 0 Å². The Hall–Kier alpha value is -0.780. The number of unbranched alkanes of at least 4 members (excludes halogenated alkanes) is 9. The zero-order chi connectivity index (χ0) is 12.9. The first kappa shape index (κ1) is 15.3. The van der Waals surface area contributed by atoms with Gasteiger partial charge < -0.3 is 0 Å². The van der Waals surface area contributed by atoms with Gasteiger partial charge in [0, 0.05) is 0 Å². The third kappa shape index (κ3) is 8.33. The van der Waals surface area contributed by atoms with Gasteiger partial charge in [0.15, 0.2) is 0 Å². The van der Waals surface area contributed by atoms with Crippen LogP contribution in [-0.4, -0.2) is 0 Å². The Balaban J connectivity index is 1.82.